The minimum Gasteiger partial charge on any atom is -0.486 e. The van der Waals surface area contributed by atoms with Crippen LogP contribution in [-0.2, 0) is 26.5 Å². The first-order valence-corrected chi connectivity index (χ1v) is 14.8. The number of benzene rings is 2. The molecule has 0 N–H and O–H groups in total. The van der Waals surface area contributed by atoms with E-state index in [0.717, 1.165) is 54.1 Å². The van der Waals surface area contributed by atoms with Crippen LogP contribution in [0.15, 0.2) is 83.4 Å². The molecule has 0 saturated heterocycles. The van der Waals surface area contributed by atoms with Crippen molar-refractivity contribution in [3.05, 3.63) is 113 Å². The minimum absolute atomic E-state index is 0. The van der Waals surface area contributed by atoms with Crippen LogP contribution < -0.4 is 0 Å². The Morgan fingerprint density at radius 2 is 1.67 bits per heavy atom. The fourth-order valence-corrected chi connectivity index (χ4v) is 5.80. The second-order valence-corrected chi connectivity index (χ2v) is 12.7. The molecular formula is C37H33IrN3OS-2. The summed E-state index contributed by atoms with van der Waals surface area (Å²) in [4.78, 5) is 14.7. The minimum atomic E-state index is -1.52. The van der Waals surface area contributed by atoms with E-state index < -0.39 is 11.8 Å². The quantitative estimate of drug-likeness (QED) is 0.168. The third-order valence-electron chi connectivity index (χ3n) is 6.80. The average Bonchev–Trinajstić information content (AvgIpc) is 3.53. The molecule has 219 valence electrons. The number of aromatic nitrogens is 3. The molecular weight excluding hydrogens is 727 g/mol. The Bertz CT molecular complexity index is 2110. The number of aryl methyl sites for hydroxylation is 3. The van der Waals surface area contributed by atoms with E-state index in [0.29, 0.717) is 16.9 Å². The normalized spacial score (nSPS) is 12.4. The van der Waals surface area contributed by atoms with Gasteiger partial charge in [-0.3, -0.25) is 4.98 Å². The van der Waals surface area contributed by atoms with Gasteiger partial charge in [-0.05, 0) is 73.3 Å². The Morgan fingerprint density at radius 1 is 0.860 bits per heavy atom. The van der Waals surface area contributed by atoms with Crippen LogP contribution in [0.2, 0.25) is 0 Å². The van der Waals surface area contributed by atoms with Gasteiger partial charge >= 0.3 is 0 Å². The molecule has 5 aromatic heterocycles. The third-order valence-corrected chi connectivity index (χ3v) is 7.86. The van der Waals surface area contributed by atoms with E-state index in [1.165, 1.54) is 5.56 Å². The summed E-state index contributed by atoms with van der Waals surface area (Å²) in [6.07, 6.45) is 0.355. The smallest absolute Gasteiger partial charge is 0.216 e. The van der Waals surface area contributed by atoms with Crippen LogP contribution >= 0.6 is 11.3 Å². The van der Waals surface area contributed by atoms with Gasteiger partial charge < -0.3 is 9.40 Å². The summed E-state index contributed by atoms with van der Waals surface area (Å²) in [5, 5.41) is 1.94. The van der Waals surface area contributed by atoms with Crippen molar-refractivity contribution in [3.8, 4) is 22.5 Å². The van der Waals surface area contributed by atoms with Gasteiger partial charge in [0.05, 0.1) is 15.8 Å². The summed E-state index contributed by atoms with van der Waals surface area (Å²) in [6.45, 7) is 11.7. The van der Waals surface area contributed by atoms with Crippen molar-refractivity contribution in [3.63, 3.8) is 0 Å². The van der Waals surface area contributed by atoms with E-state index in [4.69, 9.17) is 12.1 Å². The zero-order valence-corrected chi connectivity index (χ0v) is 28.2. The van der Waals surface area contributed by atoms with Crippen molar-refractivity contribution in [2.75, 3.05) is 0 Å². The molecule has 0 atom stereocenters. The standard InChI is InChI=1S/C25H23N2OS.C12H10N.Ir/c1-14-9-10-17-16-7-6-8-18(23(16)28-24(17)26-14)20-11-12-21-22(27-20)19(15(2)29-21)13-25(3,4)5;1-10-7-8-12(13-9-10)11-5-3-2-4-6-11;/h6-7,9-12H,13H2,1-5H3;2-5,7-9H,1H3;/q2*-1;/i13D2;;. The van der Waals surface area contributed by atoms with Crippen molar-refractivity contribution in [2.45, 2.75) is 47.9 Å². The van der Waals surface area contributed by atoms with Crippen molar-refractivity contribution in [1.29, 1.82) is 0 Å². The fourth-order valence-electron chi connectivity index (χ4n) is 4.84. The largest absolute Gasteiger partial charge is 0.486 e. The van der Waals surface area contributed by atoms with Crippen LogP contribution in [0.25, 0.3) is 54.8 Å². The molecule has 0 bridgehead atoms. The number of rotatable bonds is 3. The predicted octanol–water partition coefficient (Wildman–Crippen LogP) is 10.1. The second kappa shape index (κ2) is 12.5. The van der Waals surface area contributed by atoms with Crippen LogP contribution in [0.3, 0.4) is 0 Å². The first-order valence-electron chi connectivity index (χ1n) is 15.0. The molecule has 0 unspecified atom stereocenters. The monoisotopic (exact) mass is 762 g/mol. The predicted molar refractivity (Wildman–Crippen MR) is 175 cm³/mol. The molecule has 4 nitrogen and oxygen atoms in total. The summed E-state index contributed by atoms with van der Waals surface area (Å²) in [5.41, 5.74) is 7.73. The number of hydrogen-bond acceptors (Lipinski definition) is 5. The van der Waals surface area contributed by atoms with E-state index in [9.17, 15) is 0 Å². The number of pyridine rings is 3. The van der Waals surface area contributed by atoms with Crippen molar-refractivity contribution in [2.24, 2.45) is 5.41 Å². The molecule has 43 heavy (non-hydrogen) atoms. The molecule has 0 aliphatic carbocycles. The summed E-state index contributed by atoms with van der Waals surface area (Å²) >= 11 is 1.59. The Balaban J connectivity index is 0.000000240. The van der Waals surface area contributed by atoms with Gasteiger partial charge in [-0.15, -0.1) is 65.4 Å². The molecule has 2 aromatic carbocycles. The van der Waals surface area contributed by atoms with Crippen LogP contribution in [0.1, 0.15) is 45.2 Å². The zero-order valence-electron chi connectivity index (χ0n) is 27.0. The van der Waals surface area contributed by atoms with Crippen molar-refractivity contribution in [1.82, 2.24) is 15.0 Å². The van der Waals surface area contributed by atoms with Gasteiger partial charge in [-0.25, -0.2) is 4.98 Å². The van der Waals surface area contributed by atoms with E-state index in [-0.39, 0.29) is 20.1 Å². The molecule has 0 aliphatic rings. The van der Waals surface area contributed by atoms with Crippen molar-refractivity contribution >= 4 is 43.6 Å². The van der Waals surface area contributed by atoms with Gasteiger partial charge in [0.25, 0.3) is 0 Å². The SMILES string of the molecule is Cc1ccc(-c2[c-]cccc2)nc1.[2H]C([2H])(c1c(C)sc2ccc(-c3[c-]ccc4c3oc3nc(C)ccc34)nc12)C(C)(C)C.[Ir]. The number of thiophene rings is 1. The summed E-state index contributed by atoms with van der Waals surface area (Å²) in [5.74, 6) is 0. The molecule has 0 fully saturated rings. The third kappa shape index (κ3) is 6.62. The molecule has 7 aromatic rings. The Labute approximate surface area is 273 Å². The molecule has 6 heteroatoms. The maximum atomic E-state index is 8.86. The van der Waals surface area contributed by atoms with Crippen LogP contribution in [0.5, 0.6) is 0 Å². The Morgan fingerprint density at radius 3 is 2.40 bits per heavy atom. The fraction of sp³-hybridized carbons (Fsp3) is 0.216. The number of nitrogens with zero attached hydrogens (tertiary/aromatic N) is 3. The van der Waals surface area contributed by atoms with Gasteiger partial charge in [-0.2, -0.15) is 0 Å². The maximum Gasteiger partial charge on any atom is 0.216 e. The van der Waals surface area contributed by atoms with Gasteiger partial charge in [0.1, 0.15) is 0 Å². The van der Waals surface area contributed by atoms with Gasteiger partial charge in [0, 0.05) is 45.0 Å². The molecule has 5 heterocycles. The van der Waals surface area contributed by atoms with Crippen LogP contribution in [0, 0.1) is 38.3 Å². The topological polar surface area (TPSA) is 51.8 Å². The summed E-state index contributed by atoms with van der Waals surface area (Å²) < 4.78 is 24.8. The molecule has 0 saturated carbocycles. The van der Waals surface area contributed by atoms with Gasteiger partial charge in [0.2, 0.25) is 5.71 Å². The molecule has 7 rings (SSSR count). The molecule has 1 radical (unpaired) electrons. The van der Waals surface area contributed by atoms with E-state index in [2.05, 4.69) is 28.2 Å². The molecule has 0 aliphatic heterocycles. The van der Waals surface area contributed by atoms with E-state index >= 15 is 0 Å². The summed E-state index contributed by atoms with van der Waals surface area (Å²) in [6, 6.07) is 30.2. The number of fused-ring (bicyclic) bond motifs is 4. The second-order valence-electron chi connectivity index (χ2n) is 11.5. The number of furan rings is 1. The average molecular weight is 762 g/mol. The van der Waals surface area contributed by atoms with E-state index in [1.54, 1.807) is 11.3 Å². The van der Waals surface area contributed by atoms with Crippen LogP contribution in [-0.4, -0.2) is 15.0 Å². The van der Waals surface area contributed by atoms with Crippen LogP contribution in [0.4, 0.5) is 0 Å². The Hall–Kier alpha value is -3.70. The first-order chi connectivity index (χ1) is 20.9. The van der Waals surface area contributed by atoms with Gasteiger partial charge in [0.15, 0.2) is 0 Å². The molecule has 0 spiro atoms. The zero-order chi connectivity index (χ0) is 31.2. The van der Waals surface area contributed by atoms with E-state index in [1.807, 2.05) is 114 Å². The maximum absolute atomic E-state index is 8.86. The first kappa shape index (κ1) is 28.1. The number of hydrogen-bond donors (Lipinski definition) is 0. The van der Waals surface area contributed by atoms with Crippen molar-refractivity contribution < 1.29 is 27.3 Å². The Kier molecular flexibility index (Phi) is 8.16. The molecule has 0 amide bonds. The van der Waals surface area contributed by atoms with Gasteiger partial charge in [-0.1, -0.05) is 49.9 Å². The summed E-state index contributed by atoms with van der Waals surface area (Å²) in [7, 11) is 0.